The lowest BCUT2D eigenvalue weighted by Crippen LogP contribution is -2.62. The zero-order valence-corrected chi connectivity index (χ0v) is 49.5. The van der Waals surface area contributed by atoms with Gasteiger partial charge in [-0.15, -0.1) is 0 Å². The Bertz CT molecular complexity index is 3050. The number of nitrogens with zero attached hydrogens (tertiary/aromatic N) is 5. The Hall–Kier alpha value is -8.29. The van der Waals surface area contributed by atoms with E-state index in [0.29, 0.717) is 38.2 Å². The van der Waals surface area contributed by atoms with Crippen LogP contribution in [0.15, 0.2) is 120 Å². The molecule has 5 atom stereocenters. The predicted molar refractivity (Wildman–Crippen MR) is 327 cm³/mol. The number of piperidine rings is 1. The minimum absolute atomic E-state index is 0.0722. The fourth-order valence-electron chi connectivity index (χ4n) is 11.9. The van der Waals surface area contributed by atoms with E-state index in [9.17, 15) is 38.4 Å². The van der Waals surface area contributed by atoms with Crippen molar-refractivity contribution >= 4 is 63.8 Å². The molecule has 5 aromatic rings. The zero-order chi connectivity index (χ0) is 60.3. The van der Waals surface area contributed by atoms with Gasteiger partial charge < -0.3 is 56.3 Å². The second-order valence-electron chi connectivity index (χ2n) is 23.7. The number of ether oxygens (including phenoxy) is 1. The number of carbonyl (C=O) groups is 7. The Morgan fingerprint density at radius 1 is 0.753 bits per heavy atom. The molecule has 8 rings (SSSR count). The summed E-state index contributed by atoms with van der Waals surface area (Å²) in [5.41, 5.74) is 7.81. The Morgan fingerprint density at radius 3 is 2.09 bits per heavy atom. The highest BCUT2D eigenvalue weighted by Gasteiger charge is 2.46. The molecule has 0 bridgehead atoms. The number of benzene rings is 3. The number of pyridine rings is 2. The van der Waals surface area contributed by atoms with Crippen LogP contribution in [0.4, 0.5) is 21.0 Å². The SMILES string of the molecule is CC(C)(C)OC(=O)N[C@H]1CN(C(=O)NCCCCCCCCCCCN(C(=O)[C@H]2CCCN(c3cncc4ccccc34)C2)c2ccc(=O)[nH]c2)CC[C@H]2CC[C@@H](C(=O)N[C@@H](CCC(N)=O)C(=O)NC(c3ccccc3)c3ccccc3)N2C1=O. The van der Waals surface area contributed by atoms with Crippen LogP contribution in [0.5, 0.6) is 0 Å². The number of fused-ring (bicyclic) bond motifs is 2. The van der Waals surface area contributed by atoms with Crippen LogP contribution in [0.1, 0.15) is 141 Å². The average Bonchev–Trinajstić information content (AvgIpc) is 2.78. The number of rotatable bonds is 25. The van der Waals surface area contributed by atoms with E-state index in [2.05, 4.69) is 48.3 Å². The summed E-state index contributed by atoms with van der Waals surface area (Å²) in [5, 5.41) is 13.8. The zero-order valence-electron chi connectivity index (χ0n) is 49.5. The lowest BCUT2D eigenvalue weighted by molar-refractivity contribution is -0.144. The smallest absolute Gasteiger partial charge is 0.408 e. The normalized spacial score (nSPS) is 18.4. The highest BCUT2D eigenvalue weighted by atomic mass is 16.6. The van der Waals surface area contributed by atoms with E-state index >= 15 is 0 Å². The van der Waals surface area contributed by atoms with Crippen molar-refractivity contribution in [1.82, 2.24) is 41.0 Å². The number of nitrogens with two attached hydrogens (primary N) is 1. The highest BCUT2D eigenvalue weighted by Crippen LogP contribution is 2.33. The van der Waals surface area contributed by atoms with Crippen molar-refractivity contribution in [3.8, 4) is 0 Å². The van der Waals surface area contributed by atoms with Gasteiger partial charge in [-0.2, -0.15) is 0 Å². The Kier molecular flexibility index (Phi) is 22.5. The van der Waals surface area contributed by atoms with E-state index in [-0.39, 0.29) is 55.8 Å². The minimum atomic E-state index is -1.26. The first kappa shape index (κ1) is 62.7. The molecule has 0 saturated carbocycles. The molecule has 85 heavy (non-hydrogen) atoms. The number of anilines is 2. The van der Waals surface area contributed by atoms with Crippen molar-refractivity contribution in [2.24, 2.45) is 11.7 Å². The molecule has 3 aliphatic heterocycles. The second kappa shape index (κ2) is 30.5. The maximum atomic E-state index is 14.7. The number of carbonyl (C=O) groups excluding carboxylic acids is 7. The van der Waals surface area contributed by atoms with Crippen molar-refractivity contribution in [3.05, 3.63) is 137 Å². The van der Waals surface area contributed by atoms with E-state index < -0.39 is 65.5 Å². The summed E-state index contributed by atoms with van der Waals surface area (Å²) in [6.45, 7) is 7.63. The predicted octanol–water partition coefficient (Wildman–Crippen LogP) is 8.01. The van der Waals surface area contributed by atoms with Crippen LogP contribution in [0.3, 0.4) is 0 Å². The van der Waals surface area contributed by atoms with Gasteiger partial charge in [0.25, 0.3) is 0 Å². The number of amides is 8. The topological polar surface area (TPSA) is 262 Å². The number of alkyl carbamates (subject to hydrolysis) is 1. The molecule has 3 fully saturated rings. The third kappa shape index (κ3) is 17.9. The molecule has 8 amide bonds. The molecular weight excluding hydrogens is 1080 g/mol. The fourth-order valence-corrected chi connectivity index (χ4v) is 11.9. The van der Waals surface area contributed by atoms with Crippen molar-refractivity contribution in [3.63, 3.8) is 0 Å². The highest BCUT2D eigenvalue weighted by molar-refractivity contribution is 5.97. The molecule has 0 radical (unpaired) electrons. The van der Waals surface area contributed by atoms with Crippen molar-refractivity contribution in [1.29, 1.82) is 0 Å². The molecule has 5 heterocycles. The van der Waals surface area contributed by atoms with Gasteiger partial charge in [-0.3, -0.25) is 33.8 Å². The van der Waals surface area contributed by atoms with Crippen LogP contribution in [-0.4, -0.2) is 130 Å². The lowest BCUT2D eigenvalue weighted by Gasteiger charge is -2.39. The summed E-state index contributed by atoms with van der Waals surface area (Å²) in [6, 6.07) is 25.3. The van der Waals surface area contributed by atoms with Gasteiger partial charge in [0.1, 0.15) is 23.7 Å². The molecule has 3 saturated heterocycles. The van der Waals surface area contributed by atoms with Gasteiger partial charge >= 0.3 is 12.1 Å². The van der Waals surface area contributed by atoms with Gasteiger partial charge in [-0.25, -0.2) is 9.59 Å². The Balaban J connectivity index is 0.787. The molecule has 20 nitrogen and oxygen atoms in total. The molecule has 0 spiro atoms. The quantitative estimate of drug-likeness (QED) is 0.0305. The monoisotopic (exact) mass is 1160 g/mol. The third-order valence-electron chi connectivity index (χ3n) is 16.3. The summed E-state index contributed by atoms with van der Waals surface area (Å²) < 4.78 is 5.56. The summed E-state index contributed by atoms with van der Waals surface area (Å²) >= 11 is 0. The molecular formula is C65H85N11O9. The van der Waals surface area contributed by atoms with E-state index in [1.165, 1.54) is 15.9 Å². The van der Waals surface area contributed by atoms with E-state index in [4.69, 9.17) is 10.5 Å². The minimum Gasteiger partial charge on any atom is -0.444 e. The van der Waals surface area contributed by atoms with Gasteiger partial charge in [0, 0.05) is 74.4 Å². The van der Waals surface area contributed by atoms with Crippen LogP contribution in [-0.2, 0) is 28.7 Å². The van der Waals surface area contributed by atoms with Crippen LogP contribution in [0, 0.1) is 5.92 Å². The van der Waals surface area contributed by atoms with Crippen LogP contribution >= 0.6 is 0 Å². The van der Waals surface area contributed by atoms with Gasteiger partial charge in [-0.05, 0) is 89.3 Å². The van der Waals surface area contributed by atoms with Crippen LogP contribution in [0.25, 0.3) is 10.8 Å². The maximum absolute atomic E-state index is 14.7. The molecule has 0 unspecified atom stereocenters. The van der Waals surface area contributed by atoms with E-state index in [1.807, 2.05) is 90.1 Å². The van der Waals surface area contributed by atoms with Gasteiger partial charge in [0.15, 0.2) is 0 Å². The number of urea groups is 1. The first-order valence-electron chi connectivity index (χ1n) is 30.4. The molecule has 7 N–H and O–H groups in total. The number of unbranched alkanes of at least 4 members (excludes halogenated alkanes) is 8. The molecule has 2 aromatic heterocycles. The van der Waals surface area contributed by atoms with Gasteiger partial charge in [0.2, 0.25) is 35.1 Å². The van der Waals surface area contributed by atoms with Crippen molar-refractivity contribution in [2.45, 2.75) is 159 Å². The summed E-state index contributed by atoms with van der Waals surface area (Å²) in [6.07, 6.45) is 15.7. The van der Waals surface area contributed by atoms with Gasteiger partial charge in [-0.1, -0.05) is 130 Å². The number of hydrogen-bond acceptors (Lipinski definition) is 11. The van der Waals surface area contributed by atoms with Crippen molar-refractivity contribution < 1.29 is 38.3 Å². The van der Waals surface area contributed by atoms with Gasteiger partial charge in [0.05, 0.1) is 36.1 Å². The third-order valence-corrected chi connectivity index (χ3v) is 16.3. The largest absolute Gasteiger partial charge is 0.444 e. The lowest BCUT2D eigenvalue weighted by atomic mass is 9.95. The first-order valence-corrected chi connectivity index (χ1v) is 30.4. The number of hydrogen-bond donors (Lipinski definition) is 6. The standard InChI is InChI=1S/C65H85N11O9/c1-65(2,3)85-64(84)71-53-44-74(39-35-49-29-32-54(76(49)62(53)82)60(80)70-52(31-33-56(66)77)59(79)72-58(45-22-13-11-14-23-45)46-24-15-12-16-25-46)63(83)68-36-19-9-7-5-4-6-8-10-20-38-75(50-30-34-57(78)69-41-50)61(81)48-27-21-37-73(43-48)55-42-67-40-47-26-17-18-28-51(47)55/h11-18,22-26,28,30,34,40-42,48-49,52-54,58H,4-10,19-21,27,29,31-33,35-39,43-44H2,1-3H3,(H2,66,77)(H,68,83)(H,69,78)(H,70,80)(H,71,84)(H,72,79)/t48-,49+,52-,53-,54-/m0/s1. The number of aromatic amines is 1. The first-order chi connectivity index (χ1) is 41.0. The van der Waals surface area contributed by atoms with Crippen molar-refractivity contribution in [2.75, 3.05) is 49.1 Å². The Labute approximate surface area is 498 Å². The maximum Gasteiger partial charge on any atom is 0.408 e. The molecule has 3 aliphatic rings. The Morgan fingerprint density at radius 2 is 1.42 bits per heavy atom. The second-order valence-corrected chi connectivity index (χ2v) is 23.7. The summed E-state index contributed by atoms with van der Waals surface area (Å²) in [7, 11) is 0. The molecule has 0 aliphatic carbocycles. The molecule has 3 aromatic carbocycles. The van der Waals surface area contributed by atoms with E-state index in [1.54, 1.807) is 33.0 Å². The average molecular weight is 1160 g/mol. The van der Waals surface area contributed by atoms with Crippen LogP contribution in [0.2, 0.25) is 0 Å². The fraction of sp³-hybridized carbons (Fsp3) is 0.492. The number of aromatic nitrogens is 2. The summed E-state index contributed by atoms with van der Waals surface area (Å²) in [4.78, 5) is 123. The van der Waals surface area contributed by atoms with E-state index in [0.717, 1.165) is 105 Å². The number of primary amides is 1. The number of H-pyrrole nitrogens is 1. The number of nitrogens with one attached hydrogen (secondary N) is 5. The summed E-state index contributed by atoms with van der Waals surface area (Å²) in [5.74, 6) is -2.44. The van der Waals surface area contributed by atoms with Crippen LogP contribution < -0.4 is 42.4 Å². The molecule has 454 valence electrons. The molecule has 20 heteroatoms.